The van der Waals surface area contributed by atoms with Gasteiger partial charge in [0.25, 0.3) is 5.91 Å². The molecular formula is C15H15ClN2O. The number of hydrogen-bond acceptors (Lipinski definition) is 2. The third kappa shape index (κ3) is 3.48. The van der Waals surface area contributed by atoms with E-state index in [0.29, 0.717) is 22.8 Å². The molecule has 19 heavy (non-hydrogen) atoms. The fourth-order valence-corrected chi connectivity index (χ4v) is 1.83. The van der Waals surface area contributed by atoms with Crippen molar-refractivity contribution in [2.24, 2.45) is 0 Å². The second-order valence-electron chi connectivity index (χ2n) is 4.38. The van der Waals surface area contributed by atoms with Crippen LogP contribution >= 0.6 is 11.6 Å². The van der Waals surface area contributed by atoms with E-state index in [2.05, 4.69) is 5.32 Å². The summed E-state index contributed by atoms with van der Waals surface area (Å²) in [4.78, 5) is 12.0. The molecule has 0 aromatic heterocycles. The Labute approximate surface area is 117 Å². The third-order valence-electron chi connectivity index (χ3n) is 2.90. The largest absolute Gasteiger partial charge is 0.399 e. The second kappa shape index (κ2) is 5.76. The van der Waals surface area contributed by atoms with E-state index in [1.807, 2.05) is 19.1 Å². The van der Waals surface area contributed by atoms with Crippen molar-refractivity contribution in [2.45, 2.75) is 13.5 Å². The van der Waals surface area contributed by atoms with E-state index in [9.17, 15) is 4.79 Å². The van der Waals surface area contributed by atoms with Gasteiger partial charge in [0.05, 0.1) is 0 Å². The number of anilines is 1. The molecule has 2 aromatic carbocycles. The highest BCUT2D eigenvalue weighted by molar-refractivity contribution is 6.30. The number of nitrogens with two attached hydrogens (primary N) is 1. The summed E-state index contributed by atoms with van der Waals surface area (Å²) in [6.07, 6.45) is 0. The molecule has 0 saturated carbocycles. The van der Waals surface area contributed by atoms with Gasteiger partial charge in [-0.1, -0.05) is 23.7 Å². The molecule has 0 atom stereocenters. The fraction of sp³-hybridized carbons (Fsp3) is 0.133. The molecule has 0 unspecified atom stereocenters. The highest BCUT2D eigenvalue weighted by Gasteiger charge is 2.06. The maximum absolute atomic E-state index is 12.0. The molecule has 3 nitrogen and oxygen atoms in total. The Morgan fingerprint density at radius 1 is 1.21 bits per heavy atom. The first-order valence-electron chi connectivity index (χ1n) is 5.95. The van der Waals surface area contributed by atoms with Crippen LogP contribution < -0.4 is 11.1 Å². The SMILES string of the molecule is Cc1cc(C(=O)NCc2ccc(Cl)cc2)ccc1N. The van der Waals surface area contributed by atoms with Crippen LogP contribution in [0.1, 0.15) is 21.5 Å². The number of amides is 1. The number of nitrogens with one attached hydrogen (secondary N) is 1. The lowest BCUT2D eigenvalue weighted by atomic mass is 10.1. The smallest absolute Gasteiger partial charge is 0.251 e. The Bertz CT molecular complexity index is 594. The number of rotatable bonds is 3. The topological polar surface area (TPSA) is 55.1 Å². The van der Waals surface area contributed by atoms with E-state index < -0.39 is 0 Å². The highest BCUT2D eigenvalue weighted by Crippen LogP contribution is 2.13. The maximum Gasteiger partial charge on any atom is 0.251 e. The highest BCUT2D eigenvalue weighted by atomic mass is 35.5. The van der Waals surface area contributed by atoms with Crippen molar-refractivity contribution in [3.8, 4) is 0 Å². The van der Waals surface area contributed by atoms with Gasteiger partial charge in [0, 0.05) is 22.8 Å². The molecule has 0 aliphatic rings. The number of carbonyl (C=O) groups is 1. The molecule has 1 amide bonds. The van der Waals surface area contributed by atoms with Gasteiger partial charge in [-0.3, -0.25) is 4.79 Å². The summed E-state index contributed by atoms with van der Waals surface area (Å²) in [5.41, 5.74) is 8.93. The first-order chi connectivity index (χ1) is 9.06. The molecule has 0 saturated heterocycles. The Hall–Kier alpha value is -2.00. The van der Waals surface area contributed by atoms with Crippen molar-refractivity contribution < 1.29 is 4.79 Å². The van der Waals surface area contributed by atoms with E-state index in [1.54, 1.807) is 30.3 Å². The number of aryl methyl sites for hydroxylation is 1. The molecule has 0 fully saturated rings. The van der Waals surface area contributed by atoms with Gasteiger partial charge in [0.1, 0.15) is 0 Å². The minimum atomic E-state index is -0.113. The zero-order chi connectivity index (χ0) is 13.8. The Morgan fingerprint density at radius 2 is 1.89 bits per heavy atom. The predicted octanol–water partition coefficient (Wildman–Crippen LogP) is 3.16. The average molecular weight is 275 g/mol. The molecular weight excluding hydrogens is 260 g/mol. The van der Waals surface area contributed by atoms with Crippen LogP contribution in [0.25, 0.3) is 0 Å². The van der Waals surface area contributed by atoms with E-state index in [0.717, 1.165) is 11.1 Å². The van der Waals surface area contributed by atoms with Crippen LogP contribution in [0.4, 0.5) is 5.69 Å². The first kappa shape index (κ1) is 13.4. The normalized spacial score (nSPS) is 10.2. The fourth-order valence-electron chi connectivity index (χ4n) is 1.70. The van der Waals surface area contributed by atoms with Gasteiger partial charge < -0.3 is 11.1 Å². The third-order valence-corrected chi connectivity index (χ3v) is 3.15. The van der Waals surface area contributed by atoms with Crippen molar-refractivity contribution in [3.63, 3.8) is 0 Å². The molecule has 0 bridgehead atoms. The Morgan fingerprint density at radius 3 is 2.53 bits per heavy atom. The summed E-state index contributed by atoms with van der Waals surface area (Å²) >= 11 is 5.80. The predicted molar refractivity (Wildman–Crippen MR) is 78.2 cm³/mol. The van der Waals surface area contributed by atoms with Crippen molar-refractivity contribution in [1.29, 1.82) is 0 Å². The van der Waals surface area contributed by atoms with E-state index in [4.69, 9.17) is 17.3 Å². The van der Waals surface area contributed by atoms with Crippen LogP contribution in [0.2, 0.25) is 5.02 Å². The average Bonchev–Trinajstić information content (AvgIpc) is 2.41. The quantitative estimate of drug-likeness (QED) is 0.845. The van der Waals surface area contributed by atoms with Crippen LogP contribution in [0.3, 0.4) is 0 Å². The summed E-state index contributed by atoms with van der Waals surface area (Å²) in [5.74, 6) is -0.113. The standard InChI is InChI=1S/C15H15ClN2O/c1-10-8-12(4-7-14(10)17)15(19)18-9-11-2-5-13(16)6-3-11/h2-8H,9,17H2,1H3,(H,18,19). The molecule has 2 aromatic rings. The van der Waals surface area contributed by atoms with E-state index in [1.165, 1.54) is 0 Å². The molecule has 3 N–H and O–H groups in total. The van der Waals surface area contributed by atoms with Gasteiger partial charge in [0.15, 0.2) is 0 Å². The van der Waals surface area contributed by atoms with Crippen LogP contribution in [0.5, 0.6) is 0 Å². The van der Waals surface area contributed by atoms with Gasteiger partial charge >= 0.3 is 0 Å². The van der Waals surface area contributed by atoms with Crippen LogP contribution in [-0.4, -0.2) is 5.91 Å². The monoisotopic (exact) mass is 274 g/mol. The number of hydrogen-bond donors (Lipinski definition) is 2. The molecule has 0 spiro atoms. The van der Waals surface area contributed by atoms with Crippen molar-refractivity contribution >= 4 is 23.2 Å². The number of halogens is 1. The van der Waals surface area contributed by atoms with Gasteiger partial charge in [0.2, 0.25) is 0 Å². The molecule has 0 radical (unpaired) electrons. The number of carbonyl (C=O) groups excluding carboxylic acids is 1. The Balaban J connectivity index is 2.01. The Kier molecular flexibility index (Phi) is 4.07. The number of nitrogen functional groups attached to an aromatic ring is 1. The molecule has 2 rings (SSSR count). The summed E-state index contributed by atoms with van der Waals surface area (Å²) in [6.45, 7) is 2.35. The summed E-state index contributed by atoms with van der Waals surface area (Å²) < 4.78 is 0. The van der Waals surface area contributed by atoms with E-state index >= 15 is 0 Å². The summed E-state index contributed by atoms with van der Waals surface area (Å²) in [5, 5.41) is 3.54. The van der Waals surface area contributed by atoms with Crippen LogP contribution in [0.15, 0.2) is 42.5 Å². The van der Waals surface area contributed by atoms with Crippen molar-refractivity contribution in [2.75, 3.05) is 5.73 Å². The number of benzene rings is 2. The zero-order valence-corrected chi connectivity index (χ0v) is 11.4. The molecule has 0 aliphatic heterocycles. The summed E-state index contributed by atoms with van der Waals surface area (Å²) in [6, 6.07) is 12.6. The minimum Gasteiger partial charge on any atom is -0.399 e. The lowest BCUT2D eigenvalue weighted by Gasteiger charge is -2.07. The second-order valence-corrected chi connectivity index (χ2v) is 4.82. The summed E-state index contributed by atoms with van der Waals surface area (Å²) in [7, 11) is 0. The van der Waals surface area contributed by atoms with Crippen molar-refractivity contribution in [1.82, 2.24) is 5.32 Å². The van der Waals surface area contributed by atoms with Crippen LogP contribution in [-0.2, 0) is 6.54 Å². The molecule has 4 heteroatoms. The first-order valence-corrected chi connectivity index (χ1v) is 6.33. The lowest BCUT2D eigenvalue weighted by Crippen LogP contribution is -2.22. The minimum absolute atomic E-state index is 0.113. The van der Waals surface area contributed by atoms with Gasteiger partial charge in [-0.05, 0) is 48.4 Å². The van der Waals surface area contributed by atoms with Gasteiger partial charge in [-0.15, -0.1) is 0 Å². The molecule has 98 valence electrons. The van der Waals surface area contributed by atoms with Gasteiger partial charge in [-0.25, -0.2) is 0 Å². The van der Waals surface area contributed by atoms with Crippen molar-refractivity contribution in [3.05, 3.63) is 64.2 Å². The molecule has 0 heterocycles. The van der Waals surface area contributed by atoms with Gasteiger partial charge in [-0.2, -0.15) is 0 Å². The maximum atomic E-state index is 12.0. The van der Waals surface area contributed by atoms with Crippen LogP contribution in [0, 0.1) is 6.92 Å². The van der Waals surface area contributed by atoms with E-state index in [-0.39, 0.29) is 5.91 Å². The zero-order valence-electron chi connectivity index (χ0n) is 10.6. The lowest BCUT2D eigenvalue weighted by molar-refractivity contribution is 0.0951. The molecule has 0 aliphatic carbocycles.